The van der Waals surface area contributed by atoms with Gasteiger partial charge < -0.3 is 10.2 Å². The van der Waals surface area contributed by atoms with Crippen LogP contribution in [0.5, 0.6) is 0 Å². The van der Waals surface area contributed by atoms with Crippen LogP contribution in [-0.2, 0) is 6.54 Å². The molecule has 0 amide bonds. The van der Waals surface area contributed by atoms with Gasteiger partial charge in [-0.1, -0.05) is 29.8 Å². The van der Waals surface area contributed by atoms with Crippen molar-refractivity contribution in [3.63, 3.8) is 0 Å². The number of hydrogen-bond donors (Lipinski definition) is 1. The molecule has 0 aromatic heterocycles. The number of rotatable bonds is 4. The molecule has 0 heterocycles. The summed E-state index contributed by atoms with van der Waals surface area (Å²) >= 11 is 5.77. The topological polar surface area (TPSA) is 15.3 Å². The molecule has 0 saturated heterocycles. The Hall–Kier alpha value is -1.74. The van der Waals surface area contributed by atoms with Crippen LogP contribution in [0.25, 0.3) is 0 Å². The van der Waals surface area contributed by atoms with Crippen molar-refractivity contribution >= 4 is 23.0 Å². The molecule has 0 spiro atoms. The SMILES string of the molecule is CN(C)c1ccccc1NCc1ccc(F)c(Cl)c1. The number of nitrogens with one attached hydrogen (secondary N) is 1. The lowest BCUT2D eigenvalue weighted by Crippen LogP contribution is -2.12. The molecule has 19 heavy (non-hydrogen) atoms. The molecule has 0 atom stereocenters. The molecule has 0 fully saturated rings. The quantitative estimate of drug-likeness (QED) is 0.903. The monoisotopic (exact) mass is 278 g/mol. The molecule has 2 nitrogen and oxygen atoms in total. The van der Waals surface area contributed by atoms with E-state index in [4.69, 9.17) is 11.6 Å². The number of nitrogens with zero attached hydrogens (tertiary/aromatic N) is 1. The predicted octanol–water partition coefficient (Wildman–Crippen LogP) is 4.16. The summed E-state index contributed by atoms with van der Waals surface area (Å²) < 4.78 is 13.1. The highest BCUT2D eigenvalue weighted by atomic mass is 35.5. The van der Waals surface area contributed by atoms with Crippen molar-refractivity contribution in [1.29, 1.82) is 0 Å². The summed E-state index contributed by atoms with van der Waals surface area (Å²) in [5, 5.41) is 3.49. The maximum Gasteiger partial charge on any atom is 0.141 e. The van der Waals surface area contributed by atoms with Crippen LogP contribution in [0, 0.1) is 5.82 Å². The van der Waals surface area contributed by atoms with Gasteiger partial charge in [0.1, 0.15) is 5.82 Å². The Balaban J connectivity index is 2.12. The molecular weight excluding hydrogens is 263 g/mol. The number of benzene rings is 2. The van der Waals surface area contributed by atoms with Crippen LogP contribution < -0.4 is 10.2 Å². The smallest absolute Gasteiger partial charge is 0.141 e. The summed E-state index contributed by atoms with van der Waals surface area (Å²) in [5.41, 5.74) is 3.09. The van der Waals surface area contributed by atoms with E-state index in [-0.39, 0.29) is 10.8 Å². The number of para-hydroxylation sites is 2. The lowest BCUT2D eigenvalue weighted by molar-refractivity contribution is 0.627. The van der Waals surface area contributed by atoms with Gasteiger partial charge in [-0.25, -0.2) is 4.39 Å². The van der Waals surface area contributed by atoms with Crippen molar-refractivity contribution < 1.29 is 4.39 Å². The van der Waals surface area contributed by atoms with Gasteiger partial charge in [0, 0.05) is 20.6 Å². The molecule has 2 aromatic rings. The minimum absolute atomic E-state index is 0.153. The highest BCUT2D eigenvalue weighted by molar-refractivity contribution is 6.30. The van der Waals surface area contributed by atoms with Crippen molar-refractivity contribution in [3.05, 3.63) is 58.9 Å². The molecule has 0 aliphatic heterocycles. The summed E-state index contributed by atoms with van der Waals surface area (Å²) in [4.78, 5) is 2.04. The molecule has 2 aromatic carbocycles. The van der Waals surface area contributed by atoms with Gasteiger partial charge in [0.2, 0.25) is 0 Å². The van der Waals surface area contributed by atoms with Gasteiger partial charge in [-0.05, 0) is 29.8 Å². The number of hydrogen-bond acceptors (Lipinski definition) is 2. The van der Waals surface area contributed by atoms with E-state index in [1.165, 1.54) is 6.07 Å². The van der Waals surface area contributed by atoms with Crippen LogP contribution in [0.2, 0.25) is 5.02 Å². The maximum absolute atomic E-state index is 13.1. The first kappa shape index (κ1) is 13.7. The van der Waals surface area contributed by atoms with Crippen molar-refractivity contribution in [1.82, 2.24) is 0 Å². The summed E-state index contributed by atoms with van der Waals surface area (Å²) in [7, 11) is 3.99. The van der Waals surface area contributed by atoms with Gasteiger partial charge in [0.25, 0.3) is 0 Å². The van der Waals surface area contributed by atoms with Crippen molar-refractivity contribution in [2.24, 2.45) is 0 Å². The molecule has 4 heteroatoms. The second-order valence-electron chi connectivity index (χ2n) is 4.51. The summed E-state index contributed by atoms with van der Waals surface area (Å²) in [6.07, 6.45) is 0. The fourth-order valence-electron chi connectivity index (χ4n) is 1.86. The van der Waals surface area contributed by atoms with E-state index in [1.54, 1.807) is 12.1 Å². The minimum Gasteiger partial charge on any atom is -0.379 e. The maximum atomic E-state index is 13.1. The highest BCUT2D eigenvalue weighted by Crippen LogP contribution is 2.24. The van der Waals surface area contributed by atoms with Gasteiger partial charge in [0.05, 0.1) is 16.4 Å². The van der Waals surface area contributed by atoms with Crippen molar-refractivity contribution in [3.8, 4) is 0 Å². The van der Waals surface area contributed by atoms with Gasteiger partial charge >= 0.3 is 0 Å². The zero-order chi connectivity index (χ0) is 13.8. The standard InChI is InChI=1S/C15H16ClFN2/c1-19(2)15-6-4-3-5-14(15)18-10-11-7-8-13(17)12(16)9-11/h3-9,18H,10H2,1-2H3. The molecule has 0 bridgehead atoms. The lowest BCUT2D eigenvalue weighted by atomic mass is 10.2. The first-order chi connectivity index (χ1) is 9.08. The fourth-order valence-corrected chi connectivity index (χ4v) is 2.06. The van der Waals surface area contributed by atoms with Crippen molar-refractivity contribution in [2.45, 2.75) is 6.54 Å². The molecule has 2 rings (SSSR count). The van der Waals surface area contributed by atoms with Crippen LogP contribution in [0.15, 0.2) is 42.5 Å². The van der Waals surface area contributed by atoms with Crippen LogP contribution in [0.4, 0.5) is 15.8 Å². The minimum atomic E-state index is -0.390. The average molecular weight is 279 g/mol. The number of anilines is 2. The molecule has 0 radical (unpaired) electrons. The van der Waals surface area contributed by atoms with E-state index < -0.39 is 0 Å². The van der Waals surface area contributed by atoms with E-state index in [1.807, 2.05) is 43.3 Å². The second kappa shape index (κ2) is 5.93. The third kappa shape index (κ3) is 3.38. The average Bonchev–Trinajstić information content (AvgIpc) is 2.40. The van der Waals surface area contributed by atoms with Crippen LogP contribution >= 0.6 is 11.6 Å². The zero-order valence-corrected chi connectivity index (χ0v) is 11.7. The second-order valence-corrected chi connectivity index (χ2v) is 4.92. The van der Waals surface area contributed by atoms with Crippen LogP contribution in [0.1, 0.15) is 5.56 Å². The Morgan fingerprint density at radius 3 is 2.58 bits per heavy atom. The third-order valence-corrected chi connectivity index (χ3v) is 3.14. The van der Waals surface area contributed by atoms with Crippen LogP contribution in [-0.4, -0.2) is 14.1 Å². The third-order valence-electron chi connectivity index (χ3n) is 2.85. The van der Waals surface area contributed by atoms with E-state index >= 15 is 0 Å². The predicted molar refractivity (Wildman–Crippen MR) is 79.5 cm³/mol. The lowest BCUT2D eigenvalue weighted by Gasteiger charge is -2.18. The zero-order valence-electron chi connectivity index (χ0n) is 11.0. The van der Waals surface area contributed by atoms with E-state index in [2.05, 4.69) is 5.32 Å². The normalized spacial score (nSPS) is 10.3. The van der Waals surface area contributed by atoms with Crippen molar-refractivity contribution in [2.75, 3.05) is 24.3 Å². The molecule has 100 valence electrons. The Morgan fingerprint density at radius 1 is 1.16 bits per heavy atom. The Morgan fingerprint density at radius 2 is 1.89 bits per heavy atom. The van der Waals surface area contributed by atoms with E-state index in [0.717, 1.165) is 16.9 Å². The van der Waals surface area contributed by atoms with Gasteiger partial charge in [0.15, 0.2) is 0 Å². The molecule has 0 aliphatic carbocycles. The van der Waals surface area contributed by atoms with Gasteiger partial charge in [-0.2, -0.15) is 0 Å². The summed E-state index contributed by atoms with van der Waals surface area (Å²) in [6.45, 7) is 0.602. The van der Waals surface area contributed by atoms with E-state index in [0.29, 0.717) is 6.54 Å². The highest BCUT2D eigenvalue weighted by Gasteiger charge is 2.04. The largest absolute Gasteiger partial charge is 0.379 e. The van der Waals surface area contributed by atoms with Crippen LogP contribution in [0.3, 0.4) is 0 Å². The van der Waals surface area contributed by atoms with Gasteiger partial charge in [-0.3, -0.25) is 0 Å². The molecule has 1 N–H and O–H groups in total. The summed E-state index contributed by atoms with van der Waals surface area (Å²) in [5.74, 6) is -0.390. The summed E-state index contributed by atoms with van der Waals surface area (Å²) in [6, 6.07) is 12.8. The first-order valence-corrected chi connectivity index (χ1v) is 6.40. The Kier molecular flexibility index (Phi) is 4.27. The molecule has 0 saturated carbocycles. The Bertz CT molecular complexity index is 570. The molecule has 0 unspecified atom stereocenters. The number of halogens is 2. The van der Waals surface area contributed by atoms with Gasteiger partial charge in [-0.15, -0.1) is 0 Å². The molecular formula is C15H16ClFN2. The fraction of sp³-hybridized carbons (Fsp3) is 0.200. The molecule has 0 aliphatic rings. The van der Waals surface area contributed by atoms with E-state index in [9.17, 15) is 4.39 Å². The Labute approximate surface area is 117 Å². The first-order valence-electron chi connectivity index (χ1n) is 6.02.